The highest BCUT2D eigenvalue weighted by Gasteiger charge is 2.21. The first-order valence-electron chi connectivity index (χ1n) is 7.88. The summed E-state index contributed by atoms with van der Waals surface area (Å²) >= 11 is 5.99. The molecule has 3 aromatic rings. The van der Waals surface area contributed by atoms with Gasteiger partial charge in [-0.15, -0.1) is 0 Å². The number of aromatic nitrogens is 1. The summed E-state index contributed by atoms with van der Waals surface area (Å²) in [6.45, 7) is 0.761. The molecule has 25 heavy (non-hydrogen) atoms. The van der Waals surface area contributed by atoms with Crippen molar-refractivity contribution in [2.45, 2.75) is 13.0 Å². The van der Waals surface area contributed by atoms with E-state index in [0.29, 0.717) is 21.8 Å². The Morgan fingerprint density at radius 1 is 1.28 bits per heavy atom. The lowest BCUT2D eigenvalue weighted by Gasteiger charge is -2.12. The van der Waals surface area contributed by atoms with Crippen molar-refractivity contribution in [3.05, 3.63) is 69.0 Å². The zero-order chi connectivity index (χ0) is 17.6. The predicted molar refractivity (Wildman–Crippen MR) is 97.9 cm³/mol. The van der Waals surface area contributed by atoms with Crippen LogP contribution >= 0.6 is 11.6 Å². The highest BCUT2D eigenvalue weighted by molar-refractivity contribution is 6.31. The largest absolute Gasteiger partial charge is 0.495 e. The third-order valence-electron chi connectivity index (χ3n) is 4.46. The number of aryl methyl sites for hydroxylation is 2. The molecule has 5 nitrogen and oxygen atoms in total. The molecule has 2 aromatic carbocycles. The van der Waals surface area contributed by atoms with Crippen LogP contribution in [0.1, 0.15) is 15.9 Å². The number of nitrogens with one attached hydrogen (secondary N) is 1. The van der Waals surface area contributed by atoms with E-state index in [-0.39, 0.29) is 11.0 Å². The molecule has 6 heteroatoms. The SMILES string of the molecule is COc1ccc(Cl)cc1NC(=O)c1cn2c3c(cccc3c1=O)CC2. The van der Waals surface area contributed by atoms with E-state index in [4.69, 9.17) is 16.3 Å². The Morgan fingerprint density at radius 2 is 2.12 bits per heavy atom. The lowest BCUT2D eigenvalue weighted by molar-refractivity contribution is 0.102. The molecular formula is C19H15ClN2O3. The second-order valence-corrected chi connectivity index (χ2v) is 6.36. The van der Waals surface area contributed by atoms with Crippen LogP contribution in [0.15, 0.2) is 47.4 Å². The van der Waals surface area contributed by atoms with E-state index in [1.807, 2.05) is 16.7 Å². The lowest BCUT2D eigenvalue weighted by atomic mass is 10.1. The molecule has 0 saturated heterocycles. The smallest absolute Gasteiger partial charge is 0.261 e. The molecule has 4 rings (SSSR count). The Morgan fingerprint density at radius 3 is 2.92 bits per heavy atom. The van der Waals surface area contributed by atoms with Gasteiger partial charge >= 0.3 is 0 Å². The summed E-state index contributed by atoms with van der Waals surface area (Å²) in [5.74, 6) is -0.000938. The number of anilines is 1. The fourth-order valence-corrected chi connectivity index (χ4v) is 3.46. The topological polar surface area (TPSA) is 60.3 Å². The molecule has 1 aliphatic heterocycles. The van der Waals surface area contributed by atoms with Crippen LogP contribution in [0.2, 0.25) is 5.02 Å². The Balaban J connectivity index is 1.79. The van der Waals surface area contributed by atoms with Crippen molar-refractivity contribution >= 4 is 34.1 Å². The standard InChI is InChI=1S/C19H15ClN2O3/c1-25-16-6-5-12(20)9-15(16)21-19(24)14-10-22-8-7-11-3-2-4-13(17(11)22)18(14)23/h2-6,9-10H,7-8H2,1H3,(H,21,24). The molecule has 0 aliphatic carbocycles. The summed E-state index contributed by atoms with van der Waals surface area (Å²) in [6, 6.07) is 10.6. The van der Waals surface area contributed by atoms with Gasteiger partial charge in [-0.25, -0.2) is 0 Å². The summed E-state index contributed by atoms with van der Waals surface area (Å²) in [4.78, 5) is 25.5. The van der Waals surface area contributed by atoms with Crippen LogP contribution in [0, 0.1) is 0 Å². The first-order valence-corrected chi connectivity index (χ1v) is 8.26. The monoisotopic (exact) mass is 354 g/mol. The molecule has 126 valence electrons. The van der Waals surface area contributed by atoms with E-state index in [2.05, 4.69) is 5.32 Å². The molecule has 0 bridgehead atoms. The highest BCUT2D eigenvalue weighted by atomic mass is 35.5. The van der Waals surface area contributed by atoms with Crippen LogP contribution in [-0.4, -0.2) is 17.6 Å². The zero-order valence-corrected chi connectivity index (χ0v) is 14.3. The molecule has 1 aromatic heterocycles. The second kappa shape index (κ2) is 5.93. The van der Waals surface area contributed by atoms with Crippen molar-refractivity contribution in [1.29, 1.82) is 0 Å². The van der Waals surface area contributed by atoms with Crippen LogP contribution in [0.4, 0.5) is 5.69 Å². The number of ether oxygens (including phenoxy) is 1. The van der Waals surface area contributed by atoms with E-state index < -0.39 is 5.91 Å². The van der Waals surface area contributed by atoms with Gasteiger partial charge in [0.25, 0.3) is 5.91 Å². The fourth-order valence-electron chi connectivity index (χ4n) is 3.29. The number of hydrogen-bond acceptors (Lipinski definition) is 3. The van der Waals surface area contributed by atoms with Crippen LogP contribution in [0.3, 0.4) is 0 Å². The van der Waals surface area contributed by atoms with E-state index in [9.17, 15) is 9.59 Å². The summed E-state index contributed by atoms with van der Waals surface area (Å²) in [7, 11) is 1.51. The third kappa shape index (κ3) is 2.57. The maximum absolute atomic E-state index is 12.8. The van der Waals surface area contributed by atoms with Gasteiger partial charge in [0.15, 0.2) is 0 Å². The minimum atomic E-state index is -0.478. The summed E-state index contributed by atoms with van der Waals surface area (Å²) in [6.07, 6.45) is 2.50. The normalized spacial score (nSPS) is 12.4. The van der Waals surface area contributed by atoms with Gasteiger partial charge in [-0.05, 0) is 36.2 Å². The van der Waals surface area contributed by atoms with E-state index >= 15 is 0 Å². The maximum Gasteiger partial charge on any atom is 0.261 e. The van der Waals surface area contributed by atoms with Crippen LogP contribution < -0.4 is 15.5 Å². The minimum absolute atomic E-state index is 0.105. The zero-order valence-electron chi connectivity index (χ0n) is 13.5. The second-order valence-electron chi connectivity index (χ2n) is 5.93. The van der Waals surface area contributed by atoms with Crippen LogP contribution in [-0.2, 0) is 13.0 Å². The number of methoxy groups -OCH3 is 1. The number of hydrogen-bond donors (Lipinski definition) is 1. The molecule has 2 heterocycles. The number of carbonyl (C=O) groups is 1. The van der Waals surface area contributed by atoms with Crippen molar-refractivity contribution in [2.24, 2.45) is 0 Å². The van der Waals surface area contributed by atoms with E-state index in [0.717, 1.165) is 24.0 Å². The van der Waals surface area contributed by atoms with Gasteiger partial charge in [0.2, 0.25) is 5.43 Å². The number of rotatable bonds is 3. The fraction of sp³-hybridized carbons (Fsp3) is 0.158. The molecule has 0 unspecified atom stereocenters. The number of carbonyl (C=O) groups excluding carboxylic acids is 1. The number of nitrogens with zero attached hydrogens (tertiary/aromatic N) is 1. The average molecular weight is 355 g/mol. The van der Waals surface area contributed by atoms with Gasteiger partial charge in [0.1, 0.15) is 11.3 Å². The molecule has 0 saturated carbocycles. The molecule has 1 aliphatic rings. The maximum atomic E-state index is 12.8. The molecule has 1 N–H and O–H groups in total. The molecule has 0 fully saturated rings. The first kappa shape index (κ1) is 15.7. The summed E-state index contributed by atoms with van der Waals surface area (Å²) in [5.41, 5.74) is 2.32. The van der Waals surface area contributed by atoms with Crippen molar-refractivity contribution in [3.8, 4) is 5.75 Å². The molecular weight excluding hydrogens is 340 g/mol. The summed E-state index contributed by atoms with van der Waals surface area (Å²) in [5, 5.41) is 3.77. The Hall–Kier alpha value is -2.79. The number of halogens is 1. The number of benzene rings is 2. The van der Waals surface area contributed by atoms with Crippen LogP contribution in [0.5, 0.6) is 5.75 Å². The quantitative estimate of drug-likeness (QED) is 0.783. The number of amides is 1. The van der Waals surface area contributed by atoms with E-state index in [1.165, 1.54) is 7.11 Å². The summed E-state index contributed by atoms with van der Waals surface area (Å²) < 4.78 is 7.20. The average Bonchev–Trinajstić information content (AvgIpc) is 3.02. The highest BCUT2D eigenvalue weighted by Crippen LogP contribution is 2.28. The molecule has 1 amide bonds. The van der Waals surface area contributed by atoms with Gasteiger partial charge in [-0.3, -0.25) is 9.59 Å². The van der Waals surface area contributed by atoms with Gasteiger partial charge < -0.3 is 14.6 Å². The number of para-hydroxylation sites is 1. The van der Waals surface area contributed by atoms with Crippen molar-refractivity contribution < 1.29 is 9.53 Å². The van der Waals surface area contributed by atoms with Gasteiger partial charge in [0.05, 0.1) is 18.3 Å². The Labute approximate surface area is 148 Å². The first-order chi connectivity index (χ1) is 12.1. The molecule has 0 radical (unpaired) electrons. The minimum Gasteiger partial charge on any atom is -0.495 e. The van der Waals surface area contributed by atoms with E-state index in [1.54, 1.807) is 30.5 Å². The van der Waals surface area contributed by atoms with Gasteiger partial charge in [-0.1, -0.05) is 23.7 Å². The molecule has 0 spiro atoms. The lowest BCUT2D eigenvalue weighted by Crippen LogP contribution is -2.23. The predicted octanol–water partition coefficient (Wildman–Crippen LogP) is 3.47. The van der Waals surface area contributed by atoms with Crippen molar-refractivity contribution in [3.63, 3.8) is 0 Å². The van der Waals surface area contributed by atoms with Gasteiger partial charge in [-0.2, -0.15) is 0 Å². The van der Waals surface area contributed by atoms with Crippen molar-refractivity contribution in [1.82, 2.24) is 4.57 Å². The number of pyridine rings is 1. The van der Waals surface area contributed by atoms with Crippen LogP contribution in [0.25, 0.3) is 10.9 Å². The Bertz CT molecular complexity index is 1070. The molecule has 0 atom stereocenters. The van der Waals surface area contributed by atoms with Crippen molar-refractivity contribution in [2.75, 3.05) is 12.4 Å². The Kier molecular flexibility index (Phi) is 3.73. The third-order valence-corrected chi connectivity index (χ3v) is 4.69. The van der Waals surface area contributed by atoms with Gasteiger partial charge in [0, 0.05) is 23.2 Å².